The van der Waals surface area contributed by atoms with Gasteiger partial charge in [-0.2, -0.15) is 4.98 Å². The zero-order chi connectivity index (χ0) is 13.2. The fourth-order valence-corrected chi connectivity index (χ4v) is 1.52. The van der Waals surface area contributed by atoms with Crippen molar-refractivity contribution in [3.05, 3.63) is 30.1 Å². The molecule has 1 aromatic heterocycles. The Hall–Kier alpha value is -1.88. The molecule has 0 aliphatic heterocycles. The van der Waals surface area contributed by atoms with Gasteiger partial charge in [0.15, 0.2) is 5.82 Å². The molecule has 1 heterocycles. The molecule has 0 unspecified atom stereocenters. The summed E-state index contributed by atoms with van der Waals surface area (Å²) < 4.78 is 10.8. The van der Waals surface area contributed by atoms with Crippen molar-refractivity contribution in [1.29, 1.82) is 0 Å². The van der Waals surface area contributed by atoms with Crippen LogP contribution in [-0.2, 0) is 5.54 Å². The lowest BCUT2D eigenvalue weighted by atomic mass is 10.1. The van der Waals surface area contributed by atoms with Gasteiger partial charge in [-0.05, 0) is 32.9 Å². The minimum atomic E-state index is -0.623. The molecule has 1 aromatic carbocycles. The van der Waals surface area contributed by atoms with E-state index in [2.05, 4.69) is 10.1 Å². The number of nitrogens with zero attached hydrogens (tertiary/aromatic N) is 2. The van der Waals surface area contributed by atoms with E-state index in [1.54, 1.807) is 0 Å². The van der Waals surface area contributed by atoms with Gasteiger partial charge in [-0.1, -0.05) is 17.3 Å². The molecule has 5 heteroatoms. The molecule has 5 nitrogen and oxygen atoms in total. The summed E-state index contributed by atoms with van der Waals surface area (Å²) in [7, 11) is 0. The molecule has 0 aliphatic rings. The van der Waals surface area contributed by atoms with E-state index in [4.69, 9.17) is 15.0 Å². The van der Waals surface area contributed by atoms with E-state index in [9.17, 15) is 0 Å². The van der Waals surface area contributed by atoms with Crippen LogP contribution in [0.15, 0.2) is 28.8 Å². The average Bonchev–Trinajstić information content (AvgIpc) is 2.79. The van der Waals surface area contributed by atoms with Gasteiger partial charge in [0.2, 0.25) is 0 Å². The molecule has 0 spiro atoms. The Balaban J connectivity index is 2.40. The second-order valence-corrected chi connectivity index (χ2v) is 4.57. The fourth-order valence-electron chi connectivity index (χ4n) is 1.52. The molecule has 2 N–H and O–H groups in total. The second-order valence-electron chi connectivity index (χ2n) is 4.57. The minimum Gasteiger partial charge on any atom is -0.493 e. The quantitative estimate of drug-likeness (QED) is 0.897. The maximum absolute atomic E-state index is 5.93. The Bertz CT molecular complexity index is 529. The lowest BCUT2D eigenvalue weighted by Gasteiger charge is -2.11. The normalized spacial score (nSPS) is 11.6. The van der Waals surface area contributed by atoms with Crippen LogP contribution in [0.3, 0.4) is 0 Å². The number of hydrogen-bond donors (Lipinski definition) is 1. The Labute approximate surface area is 106 Å². The molecule has 0 saturated heterocycles. The summed E-state index contributed by atoms with van der Waals surface area (Å²) in [6, 6.07) is 7.55. The molecule has 96 valence electrons. The van der Waals surface area contributed by atoms with Crippen molar-refractivity contribution in [3.8, 4) is 17.2 Å². The fraction of sp³-hybridized carbons (Fsp3) is 0.385. The molecular weight excluding hydrogens is 230 g/mol. The number of aromatic nitrogens is 2. The van der Waals surface area contributed by atoms with Gasteiger partial charge >= 0.3 is 0 Å². The maximum atomic E-state index is 5.93. The van der Waals surface area contributed by atoms with Crippen molar-refractivity contribution >= 4 is 0 Å². The first-order valence-corrected chi connectivity index (χ1v) is 5.87. The number of nitrogens with two attached hydrogens (primary N) is 1. The Morgan fingerprint density at radius 2 is 2.06 bits per heavy atom. The standard InChI is InChI=1S/C13H17N3O2/c1-4-17-10-8-6-5-7-9(10)11-15-12(16-18-11)13(2,3)14/h5-8H,4,14H2,1-3H3. The summed E-state index contributed by atoms with van der Waals surface area (Å²) in [6.07, 6.45) is 0. The number of hydrogen-bond acceptors (Lipinski definition) is 5. The van der Waals surface area contributed by atoms with Gasteiger partial charge in [0, 0.05) is 0 Å². The van der Waals surface area contributed by atoms with E-state index in [1.165, 1.54) is 0 Å². The third-order valence-electron chi connectivity index (χ3n) is 2.42. The van der Waals surface area contributed by atoms with E-state index in [1.807, 2.05) is 45.0 Å². The molecule has 0 atom stereocenters. The van der Waals surface area contributed by atoms with Crippen LogP contribution in [0.5, 0.6) is 5.75 Å². The lowest BCUT2D eigenvalue weighted by molar-refractivity contribution is 0.339. The highest BCUT2D eigenvalue weighted by molar-refractivity contribution is 5.62. The molecule has 0 bridgehead atoms. The highest BCUT2D eigenvalue weighted by Crippen LogP contribution is 2.29. The van der Waals surface area contributed by atoms with Crippen LogP contribution in [0.2, 0.25) is 0 Å². The first-order chi connectivity index (χ1) is 8.52. The van der Waals surface area contributed by atoms with Gasteiger partial charge in [-0.15, -0.1) is 0 Å². The van der Waals surface area contributed by atoms with E-state index < -0.39 is 5.54 Å². The highest BCUT2D eigenvalue weighted by Gasteiger charge is 2.23. The van der Waals surface area contributed by atoms with Crippen LogP contribution < -0.4 is 10.5 Å². The van der Waals surface area contributed by atoms with Crippen LogP contribution in [0.25, 0.3) is 11.5 Å². The summed E-state index contributed by atoms with van der Waals surface area (Å²) in [5.41, 5.74) is 6.09. The summed E-state index contributed by atoms with van der Waals surface area (Å²) in [5, 5.41) is 3.90. The van der Waals surface area contributed by atoms with E-state index in [0.29, 0.717) is 18.3 Å². The largest absolute Gasteiger partial charge is 0.493 e. The SMILES string of the molecule is CCOc1ccccc1-c1nc(C(C)(C)N)no1. The van der Waals surface area contributed by atoms with Gasteiger partial charge in [0.1, 0.15) is 5.75 Å². The molecular formula is C13H17N3O2. The first-order valence-electron chi connectivity index (χ1n) is 5.87. The maximum Gasteiger partial charge on any atom is 0.261 e. The number of ether oxygens (including phenoxy) is 1. The highest BCUT2D eigenvalue weighted by atomic mass is 16.5. The van der Waals surface area contributed by atoms with Crippen LogP contribution in [0.1, 0.15) is 26.6 Å². The number of benzene rings is 1. The van der Waals surface area contributed by atoms with Crippen LogP contribution in [0, 0.1) is 0 Å². The molecule has 0 radical (unpaired) electrons. The van der Waals surface area contributed by atoms with Crippen molar-refractivity contribution in [3.63, 3.8) is 0 Å². The summed E-state index contributed by atoms with van der Waals surface area (Å²) in [4.78, 5) is 4.31. The van der Waals surface area contributed by atoms with Crippen molar-refractivity contribution in [1.82, 2.24) is 10.1 Å². The number of rotatable bonds is 4. The van der Waals surface area contributed by atoms with E-state index in [-0.39, 0.29) is 0 Å². The number of para-hydroxylation sites is 1. The van der Waals surface area contributed by atoms with E-state index in [0.717, 1.165) is 11.3 Å². The molecule has 0 aliphatic carbocycles. The Kier molecular flexibility index (Phi) is 3.34. The van der Waals surface area contributed by atoms with Crippen LogP contribution >= 0.6 is 0 Å². The molecule has 0 amide bonds. The summed E-state index contributed by atoms with van der Waals surface area (Å²) in [5.74, 6) is 1.63. The van der Waals surface area contributed by atoms with Crippen molar-refractivity contribution < 1.29 is 9.26 Å². The van der Waals surface area contributed by atoms with Crippen molar-refractivity contribution in [2.24, 2.45) is 5.73 Å². The van der Waals surface area contributed by atoms with Gasteiger partial charge < -0.3 is 15.0 Å². The monoisotopic (exact) mass is 247 g/mol. The summed E-state index contributed by atoms with van der Waals surface area (Å²) in [6.45, 7) is 6.17. The first kappa shape index (κ1) is 12.6. The zero-order valence-corrected chi connectivity index (χ0v) is 10.8. The molecule has 2 rings (SSSR count). The Morgan fingerprint density at radius 1 is 1.33 bits per heavy atom. The predicted molar refractivity (Wildman–Crippen MR) is 68.1 cm³/mol. The topological polar surface area (TPSA) is 74.2 Å². The molecule has 2 aromatic rings. The minimum absolute atomic E-state index is 0.424. The lowest BCUT2D eigenvalue weighted by Crippen LogP contribution is -2.30. The van der Waals surface area contributed by atoms with E-state index >= 15 is 0 Å². The Morgan fingerprint density at radius 3 is 2.67 bits per heavy atom. The van der Waals surface area contributed by atoms with Gasteiger partial charge in [0.25, 0.3) is 5.89 Å². The van der Waals surface area contributed by atoms with Crippen molar-refractivity contribution in [2.75, 3.05) is 6.61 Å². The third kappa shape index (κ3) is 2.51. The average molecular weight is 247 g/mol. The van der Waals surface area contributed by atoms with Crippen molar-refractivity contribution in [2.45, 2.75) is 26.3 Å². The second kappa shape index (κ2) is 4.78. The molecule has 18 heavy (non-hydrogen) atoms. The molecule has 0 fully saturated rings. The predicted octanol–water partition coefficient (Wildman–Crippen LogP) is 2.33. The smallest absolute Gasteiger partial charge is 0.261 e. The van der Waals surface area contributed by atoms with Crippen LogP contribution in [-0.4, -0.2) is 16.7 Å². The molecule has 0 saturated carbocycles. The van der Waals surface area contributed by atoms with Gasteiger partial charge in [-0.25, -0.2) is 0 Å². The van der Waals surface area contributed by atoms with Crippen LogP contribution in [0.4, 0.5) is 0 Å². The summed E-state index contributed by atoms with van der Waals surface area (Å²) >= 11 is 0. The van der Waals surface area contributed by atoms with Gasteiger partial charge in [0.05, 0.1) is 17.7 Å². The van der Waals surface area contributed by atoms with Gasteiger partial charge in [-0.3, -0.25) is 0 Å². The zero-order valence-electron chi connectivity index (χ0n) is 10.8. The third-order valence-corrected chi connectivity index (χ3v) is 2.42.